The molecule has 0 aliphatic carbocycles. The number of methoxy groups -OCH3 is 2. The van der Waals surface area contributed by atoms with Crippen LogP contribution in [0.1, 0.15) is 33.7 Å². The van der Waals surface area contributed by atoms with Crippen LogP contribution in [0, 0.1) is 11.6 Å². The quantitative estimate of drug-likeness (QED) is 0.530. The van der Waals surface area contributed by atoms with Crippen molar-refractivity contribution in [3.05, 3.63) is 58.0 Å². The van der Waals surface area contributed by atoms with Crippen molar-refractivity contribution < 1.29 is 27.8 Å². The summed E-state index contributed by atoms with van der Waals surface area (Å²) < 4.78 is 37.0. The lowest BCUT2D eigenvalue weighted by molar-refractivity contribution is 0.102. The highest BCUT2D eigenvalue weighted by Crippen LogP contribution is 2.35. The predicted octanol–water partition coefficient (Wildman–Crippen LogP) is 4.45. The van der Waals surface area contributed by atoms with E-state index in [1.165, 1.54) is 20.3 Å². The Morgan fingerprint density at radius 3 is 2.62 bits per heavy atom. The molecule has 178 valence electrons. The van der Waals surface area contributed by atoms with Gasteiger partial charge in [0.1, 0.15) is 16.5 Å². The number of likely N-dealkylation sites (tertiary alicyclic amines) is 1. The number of benzene rings is 2. The highest BCUT2D eigenvalue weighted by Gasteiger charge is 2.33. The maximum absolute atomic E-state index is 13.4. The van der Waals surface area contributed by atoms with Crippen molar-refractivity contribution in [2.45, 2.75) is 18.9 Å². The average Bonchev–Trinajstić information content (AvgIpc) is 3.51. The molecule has 3 amide bonds. The normalized spacial score (nSPS) is 15.2. The van der Waals surface area contributed by atoms with E-state index in [9.17, 15) is 18.4 Å². The molecular formula is C22H21F2N5O4S. The minimum atomic E-state index is -1.07. The lowest BCUT2D eigenvalue weighted by Gasteiger charge is -2.23. The van der Waals surface area contributed by atoms with Crippen LogP contribution < -0.4 is 20.1 Å². The number of hydrogen-bond donors (Lipinski definition) is 2. The van der Waals surface area contributed by atoms with Gasteiger partial charge in [-0.15, -0.1) is 10.2 Å². The number of halogens is 2. The standard InChI is InChI=1S/C22H21F2N5O4S/c1-32-13-6-8-16(18(11-13)33-2)26-22(31)29-9-3-4-17(29)20-27-28-21(34-20)19(30)25-12-5-7-14(23)15(24)10-12/h5-8,10-11,17H,3-4,9H2,1-2H3,(H,25,30)(H,26,31)/t17-/m1/s1. The van der Waals surface area contributed by atoms with Crippen LogP contribution in [0.5, 0.6) is 11.5 Å². The molecule has 2 N–H and O–H groups in total. The summed E-state index contributed by atoms with van der Waals surface area (Å²) in [6, 6.07) is 7.42. The Labute approximate surface area is 197 Å². The topological polar surface area (TPSA) is 106 Å². The van der Waals surface area contributed by atoms with Crippen LogP contribution in [0.25, 0.3) is 0 Å². The Morgan fingerprint density at radius 2 is 1.88 bits per heavy atom. The molecule has 12 heteroatoms. The van der Waals surface area contributed by atoms with Gasteiger partial charge < -0.3 is 25.0 Å². The van der Waals surface area contributed by atoms with Crippen LogP contribution in [0.4, 0.5) is 25.0 Å². The van der Waals surface area contributed by atoms with Crippen LogP contribution >= 0.6 is 11.3 Å². The van der Waals surface area contributed by atoms with Gasteiger partial charge in [-0.05, 0) is 37.1 Å². The zero-order valence-corrected chi connectivity index (χ0v) is 19.1. The van der Waals surface area contributed by atoms with Crippen molar-refractivity contribution in [3.8, 4) is 11.5 Å². The zero-order chi connectivity index (χ0) is 24.2. The summed E-state index contributed by atoms with van der Waals surface area (Å²) in [4.78, 5) is 27.1. The molecule has 1 aliphatic heterocycles. The molecule has 0 unspecified atom stereocenters. The second-order valence-electron chi connectivity index (χ2n) is 7.38. The van der Waals surface area contributed by atoms with E-state index in [1.54, 1.807) is 23.1 Å². The fraction of sp³-hybridized carbons (Fsp3) is 0.273. The molecule has 3 aromatic rings. The van der Waals surface area contributed by atoms with Gasteiger partial charge in [0.05, 0.1) is 25.9 Å². The number of nitrogens with one attached hydrogen (secondary N) is 2. The first-order chi connectivity index (χ1) is 16.4. The third kappa shape index (κ3) is 4.91. The van der Waals surface area contributed by atoms with Crippen LogP contribution in [0.15, 0.2) is 36.4 Å². The van der Waals surface area contributed by atoms with Crippen molar-refractivity contribution in [1.29, 1.82) is 0 Å². The minimum absolute atomic E-state index is 0.0452. The van der Waals surface area contributed by atoms with Crippen LogP contribution in [0.2, 0.25) is 0 Å². The van der Waals surface area contributed by atoms with E-state index in [1.807, 2.05) is 0 Å². The van der Waals surface area contributed by atoms with Crippen LogP contribution in [-0.2, 0) is 0 Å². The van der Waals surface area contributed by atoms with Crippen molar-refractivity contribution in [2.24, 2.45) is 0 Å². The van der Waals surface area contributed by atoms with E-state index in [4.69, 9.17) is 9.47 Å². The Kier molecular flexibility index (Phi) is 6.87. The molecule has 0 bridgehead atoms. The number of hydrogen-bond acceptors (Lipinski definition) is 7. The summed E-state index contributed by atoms with van der Waals surface area (Å²) >= 11 is 1.04. The molecule has 1 aromatic heterocycles. The van der Waals surface area contributed by atoms with Crippen molar-refractivity contribution in [2.75, 3.05) is 31.4 Å². The molecule has 0 spiro atoms. The molecule has 1 saturated heterocycles. The molecule has 1 atom stereocenters. The number of carbonyl (C=O) groups is 2. The Balaban J connectivity index is 1.46. The van der Waals surface area contributed by atoms with Gasteiger partial charge in [-0.25, -0.2) is 13.6 Å². The van der Waals surface area contributed by atoms with Gasteiger partial charge in [0.25, 0.3) is 5.91 Å². The van der Waals surface area contributed by atoms with E-state index in [2.05, 4.69) is 20.8 Å². The molecule has 0 saturated carbocycles. The zero-order valence-electron chi connectivity index (χ0n) is 18.3. The predicted molar refractivity (Wildman–Crippen MR) is 121 cm³/mol. The molecule has 2 heterocycles. The van der Waals surface area contributed by atoms with Gasteiger partial charge in [-0.2, -0.15) is 0 Å². The first kappa shape index (κ1) is 23.4. The maximum atomic E-state index is 13.4. The highest BCUT2D eigenvalue weighted by molar-refractivity contribution is 7.13. The number of amides is 3. The second kappa shape index (κ2) is 10.00. The van der Waals surface area contributed by atoms with Gasteiger partial charge in [0.15, 0.2) is 11.6 Å². The van der Waals surface area contributed by atoms with Gasteiger partial charge in [0, 0.05) is 24.4 Å². The first-order valence-corrected chi connectivity index (χ1v) is 11.1. The Bertz CT molecular complexity index is 1220. The molecule has 4 rings (SSSR count). The molecule has 9 nitrogen and oxygen atoms in total. The second-order valence-corrected chi connectivity index (χ2v) is 8.39. The van der Waals surface area contributed by atoms with E-state index < -0.39 is 17.5 Å². The fourth-order valence-corrected chi connectivity index (χ4v) is 4.46. The van der Waals surface area contributed by atoms with E-state index in [0.29, 0.717) is 35.2 Å². The number of ether oxygens (including phenoxy) is 2. The molecule has 2 aromatic carbocycles. The molecular weight excluding hydrogens is 468 g/mol. The molecule has 1 fully saturated rings. The summed E-state index contributed by atoms with van der Waals surface area (Å²) in [7, 11) is 3.04. The largest absolute Gasteiger partial charge is 0.497 e. The summed E-state index contributed by atoms with van der Waals surface area (Å²) in [6.07, 6.45) is 1.42. The first-order valence-electron chi connectivity index (χ1n) is 10.3. The minimum Gasteiger partial charge on any atom is -0.497 e. The fourth-order valence-electron chi connectivity index (χ4n) is 3.57. The van der Waals surface area contributed by atoms with E-state index in [-0.39, 0.29) is 22.8 Å². The molecule has 1 aliphatic rings. The van der Waals surface area contributed by atoms with Gasteiger partial charge in [0.2, 0.25) is 5.01 Å². The number of anilines is 2. The van der Waals surface area contributed by atoms with Crippen molar-refractivity contribution in [1.82, 2.24) is 15.1 Å². The molecule has 34 heavy (non-hydrogen) atoms. The van der Waals surface area contributed by atoms with Gasteiger partial charge in [-0.3, -0.25) is 4.79 Å². The Morgan fingerprint density at radius 1 is 1.06 bits per heavy atom. The maximum Gasteiger partial charge on any atom is 0.322 e. The molecule has 0 radical (unpaired) electrons. The SMILES string of the molecule is COc1ccc(NC(=O)N2CCC[C@@H]2c2nnc(C(=O)Nc3ccc(F)c(F)c3)s2)c(OC)c1. The summed E-state index contributed by atoms with van der Waals surface area (Å²) in [6.45, 7) is 0.505. The monoisotopic (exact) mass is 489 g/mol. The lowest BCUT2D eigenvalue weighted by atomic mass is 10.2. The summed E-state index contributed by atoms with van der Waals surface area (Å²) in [5.74, 6) is -1.64. The number of urea groups is 1. The number of carbonyl (C=O) groups excluding carboxylic acids is 2. The summed E-state index contributed by atoms with van der Waals surface area (Å²) in [5, 5.41) is 13.9. The van der Waals surface area contributed by atoms with Crippen LogP contribution in [-0.4, -0.2) is 47.8 Å². The number of aromatic nitrogens is 2. The van der Waals surface area contributed by atoms with Crippen molar-refractivity contribution in [3.63, 3.8) is 0 Å². The number of rotatable bonds is 6. The third-order valence-electron chi connectivity index (χ3n) is 5.26. The highest BCUT2D eigenvalue weighted by atomic mass is 32.1. The van der Waals surface area contributed by atoms with Crippen molar-refractivity contribution >= 4 is 34.6 Å². The van der Waals surface area contributed by atoms with Gasteiger partial charge >= 0.3 is 6.03 Å². The summed E-state index contributed by atoms with van der Waals surface area (Å²) in [5.41, 5.74) is 0.582. The van der Waals surface area contributed by atoms with Gasteiger partial charge in [-0.1, -0.05) is 11.3 Å². The van der Waals surface area contributed by atoms with E-state index >= 15 is 0 Å². The van der Waals surface area contributed by atoms with Crippen LogP contribution in [0.3, 0.4) is 0 Å². The smallest absolute Gasteiger partial charge is 0.322 e. The van der Waals surface area contributed by atoms with E-state index in [0.717, 1.165) is 29.9 Å². The Hall–Kier alpha value is -3.80. The average molecular weight is 490 g/mol. The third-order valence-corrected chi connectivity index (χ3v) is 6.28. The lowest BCUT2D eigenvalue weighted by Crippen LogP contribution is -2.34. The number of nitrogens with zero attached hydrogens (tertiary/aromatic N) is 3.